The molecule has 88 valence electrons. The highest BCUT2D eigenvalue weighted by molar-refractivity contribution is 6.49. The highest BCUT2D eigenvalue weighted by atomic mass is 35.5. The van der Waals surface area contributed by atoms with E-state index in [1.165, 1.54) is 19.2 Å². The van der Waals surface area contributed by atoms with Gasteiger partial charge in [0, 0.05) is 17.2 Å². The van der Waals surface area contributed by atoms with Crippen LogP contribution in [0, 0.1) is 21.4 Å². The summed E-state index contributed by atoms with van der Waals surface area (Å²) in [6.07, 6.45) is 0. The van der Waals surface area contributed by atoms with Crippen LogP contribution in [-0.4, -0.2) is 12.0 Å². The van der Waals surface area contributed by atoms with E-state index in [1.54, 1.807) is 13.0 Å². The van der Waals surface area contributed by atoms with Crippen molar-refractivity contribution < 1.29 is 9.66 Å². The summed E-state index contributed by atoms with van der Waals surface area (Å²) >= 11 is 5.92. The molecule has 0 unspecified atom stereocenters. The molecule has 0 saturated carbocycles. The molecule has 0 radical (unpaired) electrons. The Balaban J connectivity index is 3.37. The van der Waals surface area contributed by atoms with Gasteiger partial charge in [-0.05, 0) is 19.1 Å². The first-order valence-electron chi connectivity index (χ1n) is 4.60. The van der Waals surface area contributed by atoms with Crippen molar-refractivity contribution in [1.82, 2.24) is 0 Å². The molecule has 0 aliphatic carbocycles. The zero-order valence-electron chi connectivity index (χ0n) is 9.23. The summed E-state index contributed by atoms with van der Waals surface area (Å²) in [5.41, 5.74) is 0.526. The van der Waals surface area contributed by atoms with E-state index in [2.05, 4.69) is 0 Å². The Labute approximate surface area is 103 Å². The minimum Gasteiger partial charge on any atom is -0.490 e. The molecule has 6 heteroatoms. The van der Waals surface area contributed by atoms with Crippen molar-refractivity contribution in [1.29, 1.82) is 5.26 Å². The Morgan fingerprint density at radius 2 is 2.24 bits per heavy atom. The van der Waals surface area contributed by atoms with Crippen LogP contribution in [0.5, 0.6) is 5.75 Å². The standard InChI is InChI=1S/C11H9ClN2O3/c1-7(6-13)11(12)8-3-4-10(17-2)9(5-8)14(15)16/h3-5H,1-2H3. The first-order chi connectivity index (χ1) is 8.01. The van der Waals surface area contributed by atoms with E-state index in [0.717, 1.165) is 0 Å². The number of benzene rings is 1. The van der Waals surface area contributed by atoms with Crippen molar-refractivity contribution in [2.75, 3.05) is 7.11 Å². The lowest BCUT2D eigenvalue weighted by Crippen LogP contribution is -1.94. The first-order valence-corrected chi connectivity index (χ1v) is 4.98. The zero-order chi connectivity index (χ0) is 13.0. The predicted octanol–water partition coefficient (Wildman–Crippen LogP) is 3.10. The summed E-state index contributed by atoms with van der Waals surface area (Å²) in [4.78, 5) is 10.2. The number of nitriles is 1. The van der Waals surface area contributed by atoms with E-state index in [0.29, 0.717) is 11.1 Å². The van der Waals surface area contributed by atoms with Crippen LogP contribution in [0.4, 0.5) is 5.69 Å². The van der Waals surface area contributed by atoms with Gasteiger partial charge in [0.15, 0.2) is 5.75 Å². The fourth-order valence-electron chi connectivity index (χ4n) is 1.23. The maximum atomic E-state index is 10.8. The Morgan fingerprint density at radius 3 is 2.71 bits per heavy atom. The zero-order valence-corrected chi connectivity index (χ0v) is 9.99. The summed E-state index contributed by atoms with van der Waals surface area (Å²) in [6, 6.07) is 6.18. The summed E-state index contributed by atoms with van der Waals surface area (Å²) in [5.74, 6) is 0.151. The number of allylic oxidation sites excluding steroid dienone is 1. The lowest BCUT2D eigenvalue weighted by atomic mass is 10.1. The average Bonchev–Trinajstić information content (AvgIpc) is 2.35. The van der Waals surface area contributed by atoms with Crippen LogP contribution in [0.3, 0.4) is 0 Å². The number of hydrogen-bond acceptors (Lipinski definition) is 4. The first kappa shape index (κ1) is 13.0. The molecule has 0 N–H and O–H groups in total. The normalized spacial score (nSPS) is 11.4. The fraction of sp³-hybridized carbons (Fsp3) is 0.182. The largest absolute Gasteiger partial charge is 0.490 e. The van der Waals surface area contributed by atoms with Crippen LogP contribution in [0.1, 0.15) is 12.5 Å². The van der Waals surface area contributed by atoms with Crippen molar-refractivity contribution in [3.05, 3.63) is 39.4 Å². The van der Waals surface area contributed by atoms with Gasteiger partial charge in [-0.2, -0.15) is 5.26 Å². The number of halogens is 1. The van der Waals surface area contributed by atoms with Gasteiger partial charge in [0.05, 0.1) is 23.1 Å². The molecule has 0 amide bonds. The van der Waals surface area contributed by atoms with Crippen LogP contribution in [0.15, 0.2) is 23.8 Å². The van der Waals surface area contributed by atoms with Crippen molar-refractivity contribution in [2.45, 2.75) is 6.92 Å². The number of nitro benzene ring substituents is 1. The van der Waals surface area contributed by atoms with Gasteiger partial charge in [0.2, 0.25) is 0 Å². The van der Waals surface area contributed by atoms with Crippen molar-refractivity contribution in [3.8, 4) is 11.8 Å². The Kier molecular flexibility index (Phi) is 4.07. The topological polar surface area (TPSA) is 76.2 Å². The van der Waals surface area contributed by atoms with Gasteiger partial charge in [-0.3, -0.25) is 10.1 Å². The molecule has 5 nitrogen and oxygen atoms in total. The number of ether oxygens (including phenoxy) is 1. The Morgan fingerprint density at radius 1 is 1.59 bits per heavy atom. The number of rotatable bonds is 3. The van der Waals surface area contributed by atoms with Gasteiger partial charge in [-0.15, -0.1) is 0 Å². The third kappa shape index (κ3) is 2.74. The maximum absolute atomic E-state index is 10.8. The van der Waals surface area contributed by atoms with E-state index in [4.69, 9.17) is 21.6 Å². The summed E-state index contributed by atoms with van der Waals surface area (Å²) in [7, 11) is 1.35. The number of nitrogens with zero attached hydrogens (tertiary/aromatic N) is 2. The smallest absolute Gasteiger partial charge is 0.311 e. The van der Waals surface area contributed by atoms with Crippen LogP contribution >= 0.6 is 11.6 Å². The molecule has 0 fully saturated rings. The van der Waals surface area contributed by atoms with E-state index < -0.39 is 4.92 Å². The minimum absolute atomic E-state index is 0.151. The van der Waals surface area contributed by atoms with Crippen LogP contribution < -0.4 is 4.74 Å². The van der Waals surface area contributed by atoms with E-state index in [1.807, 2.05) is 6.07 Å². The van der Waals surface area contributed by atoms with Gasteiger partial charge in [0.25, 0.3) is 0 Å². The lowest BCUT2D eigenvalue weighted by Gasteiger charge is -2.04. The molecule has 1 aromatic rings. The summed E-state index contributed by atoms with van der Waals surface area (Å²) in [5, 5.41) is 19.7. The molecule has 1 aromatic carbocycles. The van der Waals surface area contributed by atoms with Crippen LogP contribution in [-0.2, 0) is 0 Å². The number of nitro groups is 1. The second-order valence-corrected chi connectivity index (χ2v) is 3.57. The molecule has 0 atom stereocenters. The summed E-state index contributed by atoms with van der Waals surface area (Å²) < 4.78 is 4.86. The van der Waals surface area contributed by atoms with Crippen LogP contribution in [0.2, 0.25) is 0 Å². The number of methoxy groups -OCH3 is 1. The third-order valence-corrected chi connectivity index (χ3v) is 2.63. The van der Waals surface area contributed by atoms with Gasteiger partial charge >= 0.3 is 5.69 Å². The molecular formula is C11H9ClN2O3. The maximum Gasteiger partial charge on any atom is 0.311 e. The fourth-order valence-corrected chi connectivity index (χ4v) is 1.39. The van der Waals surface area contributed by atoms with Crippen molar-refractivity contribution in [2.24, 2.45) is 0 Å². The Hall–Kier alpha value is -2.06. The minimum atomic E-state index is -0.561. The predicted molar refractivity (Wildman–Crippen MR) is 63.7 cm³/mol. The van der Waals surface area contributed by atoms with E-state index in [-0.39, 0.29) is 16.5 Å². The monoisotopic (exact) mass is 252 g/mol. The molecular weight excluding hydrogens is 244 g/mol. The van der Waals surface area contributed by atoms with Crippen LogP contribution in [0.25, 0.3) is 5.03 Å². The Bertz CT molecular complexity index is 532. The highest BCUT2D eigenvalue weighted by Crippen LogP contribution is 2.32. The second kappa shape index (κ2) is 5.32. The molecule has 0 aliphatic heterocycles. The van der Waals surface area contributed by atoms with Gasteiger partial charge < -0.3 is 4.74 Å². The molecule has 0 bridgehead atoms. The molecule has 0 spiro atoms. The molecule has 0 heterocycles. The lowest BCUT2D eigenvalue weighted by molar-refractivity contribution is -0.385. The van der Waals surface area contributed by atoms with E-state index in [9.17, 15) is 10.1 Å². The number of hydrogen-bond donors (Lipinski definition) is 0. The van der Waals surface area contributed by atoms with Gasteiger partial charge in [0.1, 0.15) is 0 Å². The highest BCUT2D eigenvalue weighted by Gasteiger charge is 2.16. The third-order valence-electron chi connectivity index (χ3n) is 2.13. The SMILES string of the molecule is COc1ccc(C(Cl)=C(C)C#N)cc1[N+](=O)[O-]. The van der Waals surface area contributed by atoms with Crippen molar-refractivity contribution in [3.63, 3.8) is 0 Å². The molecule has 0 aliphatic rings. The average molecular weight is 253 g/mol. The summed E-state index contributed by atoms with van der Waals surface area (Å²) in [6.45, 7) is 1.54. The van der Waals surface area contributed by atoms with Gasteiger partial charge in [-0.1, -0.05) is 11.6 Å². The molecule has 1 rings (SSSR count). The molecule has 0 saturated heterocycles. The van der Waals surface area contributed by atoms with E-state index >= 15 is 0 Å². The van der Waals surface area contributed by atoms with Gasteiger partial charge in [-0.25, -0.2) is 0 Å². The molecule has 0 aromatic heterocycles. The molecule has 17 heavy (non-hydrogen) atoms. The quantitative estimate of drug-likeness (QED) is 0.470. The second-order valence-electron chi connectivity index (χ2n) is 3.19. The van der Waals surface area contributed by atoms with Crippen molar-refractivity contribution >= 4 is 22.3 Å².